The van der Waals surface area contributed by atoms with Crippen LogP contribution in [-0.4, -0.2) is 46.8 Å². The molecule has 1 aromatic heterocycles. The number of benzene rings is 2. The number of nitro groups is 1. The molecule has 1 fully saturated rings. The van der Waals surface area contributed by atoms with Gasteiger partial charge in [-0.1, -0.05) is 30.3 Å². The number of furan rings is 1. The molecule has 1 aliphatic heterocycles. The van der Waals surface area contributed by atoms with Gasteiger partial charge < -0.3 is 14.1 Å². The van der Waals surface area contributed by atoms with Gasteiger partial charge in [-0.2, -0.15) is 0 Å². The molecule has 0 unspecified atom stereocenters. The van der Waals surface area contributed by atoms with Crippen LogP contribution in [0.5, 0.6) is 5.75 Å². The van der Waals surface area contributed by atoms with Crippen molar-refractivity contribution in [3.8, 4) is 5.75 Å². The van der Waals surface area contributed by atoms with Crippen LogP contribution in [-0.2, 0) is 13.2 Å². The van der Waals surface area contributed by atoms with E-state index in [0.717, 1.165) is 19.6 Å². The van der Waals surface area contributed by atoms with E-state index in [1.165, 1.54) is 11.6 Å². The second kappa shape index (κ2) is 9.65. The third-order valence-electron chi connectivity index (χ3n) is 5.53. The summed E-state index contributed by atoms with van der Waals surface area (Å²) in [5, 5.41) is 10.9. The van der Waals surface area contributed by atoms with Crippen molar-refractivity contribution < 1.29 is 18.9 Å². The van der Waals surface area contributed by atoms with Gasteiger partial charge in [0.05, 0.1) is 4.92 Å². The summed E-state index contributed by atoms with van der Waals surface area (Å²) in [5.41, 5.74) is 1.84. The first kappa shape index (κ1) is 21.6. The third-order valence-corrected chi connectivity index (χ3v) is 5.53. The molecular formula is C24H25N3O5. The molecule has 0 radical (unpaired) electrons. The molecule has 0 N–H and O–H groups in total. The van der Waals surface area contributed by atoms with Crippen LogP contribution in [0, 0.1) is 17.0 Å². The van der Waals surface area contributed by atoms with Crippen molar-refractivity contribution in [2.24, 2.45) is 0 Å². The number of carbonyl (C=O) groups is 1. The van der Waals surface area contributed by atoms with Gasteiger partial charge in [-0.25, -0.2) is 0 Å². The lowest BCUT2D eigenvalue weighted by molar-refractivity contribution is -0.385. The Bertz CT molecular complexity index is 1090. The van der Waals surface area contributed by atoms with E-state index in [1.807, 2.05) is 23.1 Å². The maximum atomic E-state index is 12.8. The first-order valence-corrected chi connectivity index (χ1v) is 10.5. The van der Waals surface area contributed by atoms with Crippen molar-refractivity contribution in [2.45, 2.75) is 20.1 Å². The highest BCUT2D eigenvalue weighted by Gasteiger charge is 2.24. The summed E-state index contributed by atoms with van der Waals surface area (Å²) in [7, 11) is 0. The quantitative estimate of drug-likeness (QED) is 0.411. The molecular weight excluding hydrogens is 410 g/mol. The number of aryl methyl sites for hydroxylation is 1. The van der Waals surface area contributed by atoms with Crippen molar-refractivity contribution in [3.05, 3.63) is 93.4 Å². The van der Waals surface area contributed by atoms with Crippen molar-refractivity contribution >= 4 is 11.6 Å². The summed E-state index contributed by atoms with van der Waals surface area (Å²) >= 11 is 0. The zero-order chi connectivity index (χ0) is 22.5. The first-order valence-electron chi connectivity index (χ1n) is 10.5. The van der Waals surface area contributed by atoms with Gasteiger partial charge >= 0.3 is 0 Å². The normalized spacial score (nSPS) is 14.3. The van der Waals surface area contributed by atoms with E-state index in [9.17, 15) is 14.9 Å². The average Bonchev–Trinajstić information content (AvgIpc) is 3.27. The van der Waals surface area contributed by atoms with Crippen LogP contribution in [0.1, 0.15) is 27.4 Å². The fourth-order valence-electron chi connectivity index (χ4n) is 3.75. The fraction of sp³-hybridized carbons (Fsp3) is 0.292. The molecule has 32 heavy (non-hydrogen) atoms. The van der Waals surface area contributed by atoms with Crippen molar-refractivity contribution in [3.63, 3.8) is 0 Å². The van der Waals surface area contributed by atoms with Gasteiger partial charge in [0.25, 0.3) is 11.6 Å². The minimum absolute atomic E-state index is 0.0482. The molecule has 1 amide bonds. The fourth-order valence-corrected chi connectivity index (χ4v) is 3.75. The van der Waals surface area contributed by atoms with Crippen molar-refractivity contribution in [1.82, 2.24) is 9.80 Å². The smallest absolute Gasteiger partial charge is 0.289 e. The molecule has 1 saturated heterocycles. The van der Waals surface area contributed by atoms with Crippen LogP contribution in [0.25, 0.3) is 0 Å². The van der Waals surface area contributed by atoms with Gasteiger partial charge in [0.1, 0.15) is 18.1 Å². The second-order valence-electron chi connectivity index (χ2n) is 7.81. The molecule has 1 aliphatic rings. The monoisotopic (exact) mass is 435 g/mol. The van der Waals surface area contributed by atoms with Crippen LogP contribution < -0.4 is 4.74 Å². The Kier molecular flexibility index (Phi) is 6.51. The van der Waals surface area contributed by atoms with E-state index >= 15 is 0 Å². The first-order chi connectivity index (χ1) is 15.5. The van der Waals surface area contributed by atoms with Crippen LogP contribution in [0.2, 0.25) is 0 Å². The SMILES string of the molecule is Cc1cc(OCc2ccc(C(=O)N3CCN(Cc4ccccc4)CC3)o2)ccc1[N+](=O)[O-]. The highest BCUT2D eigenvalue weighted by Crippen LogP contribution is 2.24. The molecule has 0 atom stereocenters. The predicted molar refractivity (Wildman–Crippen MR) is 118 cm³/mol. The Morgan fingerprint density at radius 2 is 1.81 bits per heavy atom. The van der Waals surface area contributed by atoms with Crippen LogP contribution in [0.3, 0.4) is 0 Å². The predicted octanol–water partition coefficient (Wildman–Crippen LogP) is 4.03. The molecule has 2 aromatic carbocycles. The highest BCUT2D eigenvalue weighted by molar-refractivity contribution is 5.91. The molecule has 0 bridgehead atoms. The topological polar surface area (TPSA) is 89.1 Å². The maximum absolute atomic E-state index is 12.8. The van der Waals surface area contributed by atoms with Gasteiger partial charge in [0, 0.05) is 44.4 Å². The van der Waals surface area contributed by atoms with E-state index in [0.29, 0.717) is 35.9 Å². The largest absolute Gasteiger partial charge is 0.486 e. The zero-order valence-electron chi connectivity index (χ0n) is 17.9. The van der Waals surface area contributed by atoms with Crippen LogP contribution in [0.4, 0.5) is 5.69 Å². The molecule has 8 nitrogen and oxygen atoms in total. The number of nitro benzene ring substituents is 1. The Hall–Kier alpha value is -3.65. The summed E-state index contributed by atoms with van der Waals surface area (Å²) in [6, 6.07) is 18.3. The summed E-state index contributed by atoms with van der Waals surface area (Å²) < 4.78 is 11.4. The summed E-state index contributed by atoms with van der Waals surface area (Å²) in [5.74, 6) is 1.20. The number of rotatable bonds is 7. The van der Waals surface area contributed by atoms with Gasteiger partial charge in [0.15, 0.2) is 5.76 Å². The minimum atomic E-state index is -0.426. The number of hydrogen-bond acceptors (Lipinski definition) is 6. The van der Waals surface area contributed by atoms with E-state index < -0.39 is 4.92 Å². The molecule has 2 heterocycles. The Morgan fingerprint density at radius 1 is 1.06 bits per heavy atom. The van der Waals surface area contributed by atoms with Crippen molar-refractivity contribution in [2.75, 3.05) is 26.2 Å². The number of hydrogen-bond donors (Lipinski definition) is 0. The van der Waals surface area contributed by atoms with Crippen LogP contribution in [0.15, 0.2) is 65.1 Å². The standard InChI is InChI=1S/C24H25N3O5/c1-18-15-20(7-9-22(18)27(29)30)31-17-21-8-10-23(32-21)24(28)26-13-11-25(12-14-26)16-19-5-3-2-4-6-19/h2-10,15H,11-14,16-17H2,1H3. The van der Waals surface area contributed by atoms with E-state index in [2.05, 4.69) is 17.0 Å². The number of nitrogens with zero attached hydrogens (tertiary/aromatic N) is 3. The summed E-state index contributed by atoms with van der Waals surface area (Å²) in [6.07, 6.45) is 0. The number of ether oxygens (including phenoxy) is 1. The minimum Gasteiger partial charge on any atom is -0.486 e. The van der Waals surface area contributed by atoms with E-state index in [-0.39, 0.29) is 18.2 Å². The Balaban J connectivity index is 1.28. The lowest BCUT2D eigenvalue weighted by atomic mass is 10.2. The number of carbonyl (C=O) groups excluding carboxylic acids is 1. The zero-order valence-corrected chi connectivity index (χ0v) is 17.9. The molecule has 3 aromatic rings. The molecule has 4 rings (SSSR count). The lowest BCUT2D eigenvalue weighted by Crippen LogP contribution is -2.48. The molecule has 0 spiro atoms. The third kappa shape index (κ3) is 5.15. The highest BCUT2D eigenvalue weighted by atomic mass is 16.6. The number of piperazine rings is 1. The lowest BCUT2D eigenvalue weighted by Gasteiger charge is -2.34. The summed E-state index contributed by atoms with van der Waals surface area (Å²) in [4.78, 5) is 27.5. The number of amides is 1. The Labute approximate surface area is 186 Å². The van der Waals surface area contributed by atoms with Gasteiger partial charge in [-0.05, 0) is 36.8 Å². The Morgan fingerprint density at radius 3 is 2.50 bits per heavy atom. The van der Waals surface area contributed by atoms with Gasteiger partial charge in [-0.3, -0.25) is 19.8 Å². The molecule has 0 aliphatic carbocycles. The maximum Gasteiger partial charge on any atom is 0.289 e. The molecule has 0 saturated carbocycles. The molecule has 8 heteroatoms. The van der Waals surface area contributed by atoms with Crippen LogP contribution >= 0.6 is 0 Å². The van der Waals surface area contributed by atoms with Crippen molar-refractivity contribution in [1.29, 1.82) is 0 Å². The summed E-state index contributed by atoms with van der Waals surface area (Å²) in [6.45, 7) is 5.62. The van der Waals surface area contributed by atoms with Gasteiger partial charge in [0.2, 0.25) is 0 Å². The van der Waals surface area contributed by atoms with E-state index in [1.54, 1.807) is 31.2 Å². The van der Waals surface area contributed by atoms with E-state index in [4.69, 9.17) is 9.15 Å². The second-order valence-corrected chi connectivity index (χ2v) is 7.81. The van der Waals surface area contributed by atoms with Gasteiger partial charge in [-0.15, -0.1) is 0 Å². The molecule has 166 valence electrons. The average molecular weight is 435 g/mol.